The Labute approximate surface area is 184 Å². The molecule has 1 heterocycles. The smallest absolute Gasteiger partial charge is 0.264 e. The molecule has 1 saturated carbocycles. The van der Waals surface area contributed by atoms with Crippen LogP contribution in [-0.4, -0.2) is 25.3 Å². The first kappa shape index (κ1) is 20.4. The molecule has 1 amide bonds. The summed E-state index contributed by atoms with van der Waals surface area (Å²) in [5.74, 6) is -1.21. The number of Topliss-reactive ketones (excluding diaryl/α,β-unsaturated/α-hetero) is 1. The van der Waals surface area contributed by atoms with Crippen LogP contribution < -0.4 is 9.64 Å². The topological polar surface area (TPSA) is 46.6 Å². The van der Waals surface area contributed by atoms with Gasteiger partial charge in [-0.25, -0.2) is 8.78 Å². The van der Waals surface area contributed by atoms with Gasteiger partial charge in [0.05, 0.1) is 11.3 Å². The van der Waals surface area contributed by atoms with Crippen LogP contribution in [0.15, 0.2) is 54.6 Å². The van der Waals surface area contributed by atoms with Crippen LogP contribution in [-0.2, 0) is 11.2 Å². The van der Waals surface area contributed by atoms with E-state index in [1.54, 1.807) is 24.1 Å². The second kappa shape index (κ2) is 7.86. The van der Waals surface area contributed by atoms with E-state index >= 15 is 0 Å². The Kier molecular flexibility index (Phi) is 5.00. The van der Waals surface area contributed by atoms with Gasteiger partial charge in [0.15, 0.2) is 12.4 Å². The molecule has 0 radical (unpaired) electrons. The van der Waals surface area contributed by atoms with Gasteiger partial charge in [-0.2, -0.15) is 0 Å². The Morgan fingerprint density at radius 3 is 2.38 bits per heavy atom. The molecule has 0 N–H and O–H groups in total. The summed E-state index contributed by atoms with van der Waals surface area (Å²) < 4.78 is 33.7. The number of ketones is 1. The SMILES string of the molecule is CN1C(=O)COc2c1ccc(-c1ccc(CC(=O)c3c(F)cccc3F)cc1)c2C1CC1. The van der Waals surface area contributed by atoms with Gasteiger partial charge in [-0.1, -0.05) is 36.4 Å². The quantitative estimate of drug-likeness (QED) is 0.514. The van der Waals surface area contributed by atoms with Crippen LogP contribution in [0, 0.1) is 11.6 Å². The summed E-state index contributed by atoms with van der Waals surface area (Å²) in [6, 6.07) is 14.7. The monoisotopic (exact) mass is 433 g/mol. The van der Waals surface area contributed by atoms with Crippen LogP contribution in [0.5, 0.6) is 5.75 Å². The lowest BCUT2D eigenvalue weighted by molar-refractivity contribution is -0.121. The van der Waals surface area contributed by atoms with E-state index in [9.17, 15) is 18.4 Å². The highest BCUT2D eigenvalue weighted by Gasteiger charge is 2.34. The molecular formula is C26H21F2NO3. The van der Waals surface area contributed by atoms with E-state index in [2.05, 4.69) is 0 Å². The van der Waals surface area contributed by atoms with Gasteiger partial charge in [0.2, 0.25) is 0 Å². The predicted octanol–water partition coefficient (Wildman–Crippen LogP) is 5.29. The molecule has 0 saturated heterocycles. The normalized spacial score (nSPS) is 15.3. The molecule has 1 aliphatic carbocycles. The van der Waals surface area contributed by atoms with Crippen molar-refractivity contribution < 1.29 is 23.1 Å². The fourth-order valence-corrected chi connectivity index (χ4v) is 4.24. The van der Waals surface area contributed by atoms with Crippen LogP contribution in [0.3, 0.4) is 0 Å². The molecule has 0 bridgehead atoms. The molecule has 4 nitrogen and oxygen atoms in total. The second-order valence-electron chi connectivity index (χ2n) is 8.28. The molecule has 3 aromatic rings. The summed E-state index contributed by atoms with van der Waals surface area (Å²) in [5, 5.41) is 0. The second-order valence-corrected chi connectivity index (χ2v) is 8.28. The van der Waals surface area contributed by atoms with Gasteiger partial charge < -0.3 is 9.64 Å². The Hall–Kier alpha value is -3.54. The first-order chi connectivity index (χ1) is 15.4. The number of carbonyl (C=O) groups excluding carboxylic acids is 2. The van der Waals surface area contributed by atoms with Gasteiger partial charge in [0.1, 0.15) is 17.4 Å². The zero-order valence-corrected chi connectivity index (χ0v) is 17.5. The largest absolute Gasteiger partial charge is 0.481 e. The fourth-order valence-electron chi connectivity index (χ4n) is 4.24. The molecule has 6 heteroatoms. The lowest BCUT2D eigenvalue weighted by Crippen LogP contribution is -2.35. The molecule has 2 aliphatic rings. The third-order valence-electron chi connectivity index (χ3n) is 6.11. The molecule has 162 valence electrons. The molecule has 0 unspecified atom stereocenters. The van der Waals surface area contributed by atoms with Crippen molar-refractivity contribution in [1.29, 1.82) is 0 Å². The number of benzene rings is 3. The third-order valence-corrected chi connectivity index (χ3v) is 6.11. The molecule has 0 atom stereocenters. The molecule has 3 aromatic carbocycles. The average molecular weight is 433 g/mol. The van der Waals surface area contributed by atoms with Crippen LogP contribution in [0.2, 0.25) is 0 Å². The maximum Gasteiger partial charge on any atom is 0.264 e. The van der Waals surface area contributed by atoms with E-state index in [4.69, 9.17) is 4.74 Å². The summed E-state index contributed by atoms with van der Waals surface area (Å²) >= 11 is 0. The summed E-state index contributed by atoms with van der Waals surface area (Å²) in [7, 11) is 1.75. The Morgan fingerprint density at radius 1 is 1.03 bits per heavy atom. The van der Waals surface area contributed by atoms with Gasteiger partial charge in [-0.15, -0.1) is 0 Å². The first-order valence-corrected chi connectivity index (χ1v) is 10.6. The summed E-state index contributed by atoms with van der Waals surface area (Å²) in [4.78, 5) is 26.1. The molecule has 5 rings (SSSR count). The van der Waals surface area contributed by atoms with E-state index in [1.165, 1.54) is 6.07 Å². The Morgan fingerprint density at radius 2 is 1.72 bits per heavy atom. The van der Waals surface area contributed by atoms with Crippen molar-refractivity contribution in [1.82, 2.24) is 0 Å². The van der Waals surface area contributed by atoms with Gasteiger partial charge in [0.25, 0.3) is 5.91 Å². The van der Waals surface area contributed by atoms with Gasteiger partial charge in [0, 0.05) is 19.0 Å². The summed E-state index contributed by atoms with van der Waals surface area (Å²) in [5.41, 5.74) is 4.06. The number of hydrogen-bond acceptors (Lipinski definition) is 3. The number of fused-ring (bicyclic) bond motifs is 1. The van der Waals surface area contributed by atoms with Crippen LogP contribution in [0.4, 0.5) is 14.5 Å². The number of carbonyl (C=O) groups is 2. The lowest BCUT2D eigenvalue weighted by Gasteiger charge is -2.29. The van der Waals surface area contributed by atoms with Crippen molar-refractivity contribution >= 4 is 17.4 Å². The zero-order valence-electron chi connectivity index (χ0n) is 17.5. The molecule has 0 aromatic heterocycles. The van der Waals surface area contributed by atoms with E-state index < -0.39 is 23.0 Å². The maximum absolute atomic E-state index is 13.9. The molecule has 1 fully saturated rings. The number of likely N-dealkylation sites (N-methyl/N-ethyl adjacent to an activating group) is 1. The van der Waals surface area contributed by atoms with Gasteiger partial charge in [-0.3, -0.25) is 9.59 Å². The van der Waals surface area contributed by atoms with Crippen molar-refractivity contribution in [3.8, 4) is 16.9 Å². The number of rotatable bonds is 5. The van der Waals surface area contributed by atoms with E-state index in [-0.39, 0.29) is 18.9 Å². The Balaban J connectivity index is 1.45. The number of nitrogens with zero attached hydrogens (tertiary/aromatic N) is 1. The highest BCUT2D eigenvalue weighted by molar-refractivity contribution is 5.99. The standard InChI is InChI=1S/C26H21F2NO3/c1-29-21-12-11-18(24(17-9-10-17)26(21)32-14-23(29)31)16-7-5-15(6-8-16)13-22(30)25-19(27)3-2-4-20(25)28/h2-8,11-12,17H,9-10,13-14H2,1H3. The van der Waals surface area contributed by atoms with Crippen molar-refractivity contribution in [3.05, 3.63) is 82.9 Å². The van der Waals surface area contributed by atoms with Crippen molar-refractivity contribution in [2.24, 2.45) is 0 Å². The Bertz CT molecular complexity index is 1210. The number of anilines is 1. The minimum atomic E-state index is -0.849. The zero-order chi connectivity index (χ0) is 22.4. The minimum absolute atomic E-state index is 0.0281. The highest BCUT2D eigenvalue weighted by atomic mass is 19.1. The number of ether oxygens (including phenoxy) is 1. The fraction of sp³-hybridized carbons (Fsp3) is 0.231. The maximum atomic E-state index is 13.9. The number of halogens is 2. The first-order valence-electron chi connectivity index (χ1n) is 10.6. The van der Waals surface area contributed by atoms with Crippen LogP contribution >= 0.6 is 0 Å². The van der Waals surface area contributed by atoms with Gasteiger partial charge >= 0.3 is 0 Å². The number of amides is 1. The van der Waals surface area contributed by atoms with Crippen LogP contribution in [0.1, 0.15) is 40.2 Å². The molecule has 0 spiro atoms. The van der Waals surface area contributed by atoms with E-state index in [0.29, 0.717) is 11.5 Å². The van der Waals surface area contributed by atoms with E-state index in [1.807, 2.05) is 24.3 Å². The molecule has 1 aliphatic heterocycles. The van der Waals surface area contributed by atoms with Crippen molar-refractivity contribution in [3.63, 3.8) is 0 Å². The summed E-state index contributed by atoms with van der Waals surface area (Å²) in [6.07, 6.45) is 2.06. The van der Waals surface area contributed by atoms with E-state index in [0.717, 1.165) is 53.1 Å². The lowest BCUT2D eigenvalue weighted by atomic mass is 9.93. The molecular weight excluding hydrogens is 412 g/mol. The minimum Gasteiger partial charge on any atom is -0.481 e. The van der Waals surface area contributed by atoms with Crippen LogP contribution in [0.25, 0.3) is 11.1 Å². The van der Waals surface area contributed by atoms with Gasteiger partial charge in [-0.05, 0) is 53.6 Å². The third kappa shape index (κ3) is 3.55. The van der Waals surface area contributed by atoms with Crippen molar-refractivity contribution in [2.75, 3.05) is 18.6 Å². The average Bonchev–Trinajstić information content (AvgIpc) is 3.61. The molecule has 32 heavy (non-hydrogen) atoms. The highest BCUT2D eigenvalue weighted by Crippen LogP contribution is 2.52. The summed E-state index contributed by atoms with van der Waals surface area (Å²) in [6.45, 7) is 0.0281. The predicted molar refractivity (Wildman–Crippen MR) is 117 cm³/mol. The number of hydrogen-bond donors (Lipinski definition) is 0. The van der Waals surface area contributed by atoms with Crippen molar-refractivity contribution in [2.45, 2.75) is 25.2 Å².